The molecule has 1 aromatic heterocycles. The quantitative estimate of drug-likeness (QED) is 0.479. The van der Waals surface area contributed by atoms with E-state index in [0.717, 1.165) is 50.4 Å². The van der Waals surface area contributed by atoms with E-state index in [1.807, 2.05) is 66.7 Å². The zero-order valence-corrected chi connectivity index (χ0v) is 13.7. The van der Waals surface area contributed by atoms with E-state index in [9.17, 15) is 0 Å². The first kappa shape index (κ1) is 13.5. The van der Waals surface area contributed by atoms with Gasteiger partial charge in [-0.3, -0.25) is 4.57 Å². The van der Waals surface area contributed by atoms with Gasteiger partial charge in [0, 0.05) is 5.39 Å². The Morgan fingerprint density at radius 1 is 0.654 bits per heavy atom. The fourth-order valence-corrected chi connectivity index (χ4v) is 3.57. The largest absolute Gasteiger partial charge is 0.323 e. The van der Waals surface area contributed by atoms with Crippen molar-refractivity contribution in [1.29, 1.82) is 0 Å². The van der Waals surface area contributed by atoms with E-state index in [-0.39, 0.29) is 0 Å². The number of para-hydroxylation sites is 5. The van der Waals surface area contributed by atoms with Crippen LogP contribution < -0.4 is 0 Å². The van der Waals surface area contributed by atoms with Crippen molar-refractivity contribution in [1.82, 2.24) is 24.5 Å². The molecule has 3 aromatic carbocycles. The lowest BCUT2D eigenvalue weighted by Crippen LogP contribution is -2.06. The van der Waals surface area contributed by atoms with Crippen molar-refractivity contribution in [3.05, 3.63) is 72.8 Å². The monoisotopic (exact) mass is 335 g/mol. The summed E-state index contributed by atoms with van der Waals surface area (Å²) in [6, 6.07) is 24.2. The summed E-state index contributed by atoms with van der Waals surface area (Å²) >= 11 is 0. The van der Waals surface area contributed by atoms with Gasteiger partial charge in [-0.25, -0.2) is 15.0 Å². The van der Waals surface area contributed by atoms with Crippen LogP contribution in [0.2, 0.25) is 0 Å². The highest BCUT2D eigenvalue weighted by atomic mass is 15.2. The molecule has 0 saturated carbocycles. The average Bonchev–Trinajstić information content (AvgIpc) is 3.27. The number of nitrogens with one attached hydrogen (secondary N) is 1. The zero-order chi connectivity index (χ0) is 17.1. The van der Waals surface area contributed by atoms with Crippen molar-refractivity contribution < 1.29 is 0 Å². The number of hydrogen-bond donors (Lipinski definition) is 1. The molecule has 0 aliphatic carbocycles. The van der Waals surface area contributed by atoms with Crippen molar-refractivity contribution >= 4 is 33.0 Å². The first-order valence-electron chi connectivity index (χ1n) is 8.49. The number of aromatic nitrogens is 5. The maximum absolute atomic E-state index is 4.88. The molecule has 2 aliphatic heterocycles. The molecule has 26 heavy (non-hydrogen) atoms. The molecule has 5 heteroatoms. The van der Waals surface area contributed by atoms with Gasteiger partial charge in [0.25, 0.3) is 0 Å². The van der Waals surface area contributed by atoms with Crippen LogP contribution >= 0.6 is 0 Å². The van der Waals surface area contributed by atoms with Gasteiger partial charge in [0.2, 0.25) is 5.95 Å². The molecule has 0 unspecified atom stereocenters. The van der Waals surface area contributed by atoms with Crippen LogP contribution in [0.1, 0.15) is 0 Å². The molecule has 122 valence electrons. The predicted molar refractivity (Wildman–Crippen MR) is 103 cm³/mol. The first-order valence-corrected chi connectivity index (χ1v) is 8.49. The van der Waals surface area contributed by atoms with Crippen molar-refractivity contribution in [2.45, 2.75) is 0 Å². The van der Waals surface area contributed by atoms with Crippen molar-refractivity contribution in [2.75, 3.05) is 0 Å². The van der Waals surface area contributed by atoms with Gasteiger partial charge in [-0.2, -0.15) is 0 Å². The molecule has 0 spiro atoms. The van der Waals surface area contributed by atoms with Crippen LogP contribution in [0.5, 0.6) is 0 Å². The van der Waals surface area contributed by atoms with E-state index >= 15 is 0 Å². The number of aromatic amines is 1. The van der Waals surface area contributed by atoms with E-state index < -0.39 is 0 Å². The summed E-state index contributed by atoms with van der Waals surface area (Å²) in [6.45, 7) is 0. The van der Waals surface area contributed by atoms with Gasteiger partial charge in [0.15, 0.2) is 5.82 Å². The molecule has 6 rings (SSSR count). The highest BCUT2D eigenvalue weighted by Gasteiger charge is 2.21. The molecule has 0 radical (unpaired) electrons. The fourth-order valence-electron chi connectivity index (χ4n) is 3.57. The summed E-state index contributed by atoms with van der Waals surface area (Å²) < 4.78 is 2.07. The second-order valence-corrected chi connectivity index (χ2v) is 6.31. The van der Waals surface area contributed by atoms with E-state index in [1.54, 1.807) is 0 Å². The van der Waals surface area contributed by atoms with E-state index in [4.69, 9.17) is 15.0 Å². The van der Waals surface area contributed by atoms with Crippen LogP contribution in [0, 0.1) is 0 Å². The average molecular weight is 335 g/mol. The molecule has 0 fully saturated rings. The maximum atomic E-state index is 4.88. The molecule has 2 aliphatic rings. The first-order chi connectivity index (χ1) is 12.9. The molecule has 5 nitrogen and oxygen atoms in total. The molecule has 3 heterocycles. The van der Waals surface area contributed by atoms with Crippen molar-refractivity contribution in [3.63, 3.8) is 0 Å². The molecule has 0 atom stereocenters. The predicted octanol–water partition coefficient (Wildman–Crippen LogP) is 4.55. The van der Waals surface area contributed by atoms with Gasteiger partial charge in [-0.1, -0.05) is 42.5 Å². The van der Waals surface area contributed by atoms with Gasteiger partial charge >= 0.3 is 0 Å². The van der Waals surface area contributed by atoms with Gasteiger partial charge in [0.05, 0.1) is 27.6 Å². The summed E-state index contributed by atoms with van der Waals surface area (Å²) in [4.78, 5) is 18.0. The summed E-state index contributed by atoms with van der Waals surface area (Å²) in [5.41, 5.74) is 5.65. The molecule has 1 N–H and O–H groups in total. The third kappa shape index (κ3) is 1.77. The van der Waals surface area contributed by atoms with E-state index in [0.29, 0.717) is 0 Å². The number of hydrogen-bond acceptors (Lipinski definition) is 3. The van der Waals surface area contributed by atoms with Crippen LogP contribution in [0.4, 0.5) is 0 Å². The Balaban J connectivity index is 1.81. The highest BCUT2D eigenvalue weighted by molar-refractivity contribution is 5.98. The Kier molecular flexibility index (Phi) is 2.55. The van der Waals surface area contributed by atoms with Gasteiger partial charge < -0.3 is 4.98 Å². The molecule has 0 saturated heterocycles. The Hall–Kier alpha value is -3.73. The third-order valence-corrected chi connectivity index (χ3v) is 4.75. The van der Waals surface area contributed by atoms with E-state index in [1.165, 1.54) is 0 Å². The molecular weight excluding hydrogens is 322 g/mol. The number of imidazole rings is 1. The number of nitrogens with zero attached hydrogens (tertiary/aromatic N) is 4. The Morgan fingerprint density at radius 2 is 1.38 bits per heavy atom. The topological polar surface area (TPSA) is 59.4 Å². The lowest BCUT2D eigenvalue weighted by atomic mass is 10.2. The van der Waals surface area contributed by atoms with Gasteiger partial charge in [-0.05, 0) is 30.3 Å². The SMILES string of the molecule is c1ccc2[nH]c(-n3c4nc5ccccc5c-4nc4ccccc43)nc2c1. The number of benzene rings is 3. The van der Waals surface area contributed by atoms with Crippen LogP contribution in [0.15, 0.2) is 72.8 Å². The molecular formula is C21H13N5. The Labute approximate surface area is 148 Å². The maximum Gasteiger partial charge on any atom is 0.214 e. The molecule has 4 aromatic rings. The second-order valence-electron chi connectivity index (χ2n) is 6.31. The minimum absolute atomic E-state index is 0.748. The van der Waals surface area contributed by atoms with Crippen LogP contribution in [0.3, 0.4) is 0 Å². The fraction of sp³-hybridized carbons (Fsp3) is 0. The summed E-state index contributed by atoms with van der Waals surface area (Å²) in [7, 11) is 0. The smallest absolute Gasteiger partial charge is 0.214 e. The lowest BCUT2D eigenvalue weighted by Gasteiger charge is -2.12. The van der Waals surface area contributed by atoms with Gasteiger partial charge in [0.1, 0.15) is 5.69 Å². The Morgan fingerprint density at radius 3 is 2.27 bits per heavy atom. The minimum atomic E-state index is 0.748. The second kappa shape index (κ2) is 4.89. The van der Waals surface area contributed by atoms with Crippen LogP contribution in [0.25, 0.3) is 50.4 Å². The minimum Gasteiger partial charge on any atom is -0.323 e. The molecule has 0 amide bonds. The van der Waals surface area contributed by atoms with E-state index in [2.05, 4.69) is 15.6 Å². The standard InChI is InChI=1S/C21H13N5/c1-2-8-14-13(7-1)19-20(23-14)26(18-12-6-5-11-17(18)22-19)21-24-15-9-3-4-10-16(15)25-21/h1-12H,(H,24,25). The third-order valence-electron chi connectivity index (χ3n) is 4.75. The summed E-state index contributed by atoms with van der Waals surface area (Å²) in [5, 5.41) is 1.05. The van der Waals surface area contributed by atoms with Crippen LogP contribution in [-0.4, -0.2) is 24.5 Å². The van der Waals surface area contributed by atoms with Crippen molar-refractivity contribution in [3.8, 4) is 17.5 Å². The molecule has 0 bridgehead atoms. The summed E-state index contributed by atoms with van der Waals surface area (Å²) in [5.74, 6) is 1.56. The van der Waals surface area contributed by atoms with Gasteiger partial charge in [-0.15, -0.1) is 0 Å². The number of fused-ring (bicyclic) bond motifs is 5. The normalized spacial score (nSPS) is 11.8. The number of H-pyrrole nitrogens is 1. The number of rotatable bonds is 1. The van der Waals surface area contributed by atoms with Crippen molar-refractivity contribution in [2.24, 2.45) is 0 Å². The zero-order valence-electron chi connectivity index (χ0n) is 13.7. The Bertz CT molecular complexity index is 1360. The lowest BCUT2D eigenvalue weighted by molar-refractivity contribution is 0.974. The summed E-state index contributed by atoms with van der Waals surface area (Å²) in [6.07, 6.45) is 0. The highest BCUT2D eigenvalue weighted by Crippen LogP contribution is 2.33. The van der Waals surface area contributed by atoms with Crippen LogP contribution in [-0.2, 0) is 0 Å².